The fourth-order valence-corrected chi connectivity index (χ4v) is 3.69. The molecule has 3 rings (SSSR count). The van der Waals surface area contributed by atoms with E-state index < -0.39 is 0 Å². The van der Waals surface area contributed by atoms with Gasteiger partial charge in [0.2, 0.25) is 0 Å². The van der Waals surface area contributed by atoms with Gasteiger partial charge in [0.25, 0.3) is 0 Å². The highest BCUT2D eigenvalue weighted by Crippen LogP contribution is 2.38. The number of benzene rings is 1. The van der Waals surface area contributed by atoms with E-state index in [4.69, 9.17) is 4.74 Å². The number of fused-ring (bicyclic) bond motifs is 1. The number of rotatable bonds is 3. The van der Waals surface area contributed by atoms with Gasteiger partial charge in [-0.15, -0.1) is 0 Å². The first kappa shape index (κ1) is 13.9. The maximum Gasteiger partial charge on any atom is 0.124 e. The van der Waals surface area contributed by atoms with Gasteiger partial charge in [-0.1, -0.05) is 31.5 Å². The molecule has 3 nitrogen and oxygen atoms in total. The first-order valence-corrected chi connectivity index (χ1v) is 7.91. The van der Waals surface area contributed by atoms with Gasteiger partial charge in [0.05, 0.1) is 6.61 Å². The molecular weight excluding hydrogens is 248 g/mol. The van der Waals surface area contributed by atoms with Crippen LogP contribution in [0.5, 0.6) is 5.75 Å². The second-order valence-electron chi connectivity index (χ2n) is 6.36. The van der Waals surface area contributed by atoms with Gasteiger partial charge in [-0.2, -0.15) is 0 Å². The average molecular weight is 274 g/mol. The highest BCUT2D eigenvalue weighted by atomic mass is 16.5. The summed E-state index contributed by atoms with van der Waals surface area (Å²) in [7, 11) is 2.26. The zero-order valence-corrected chi connectivity index (χ0v) is 12.6. The molecule has 0 aliphatic carbocycles. The van der Waals surface area contributed by atoms with Gasteiger partial charge in [-0.25, -0.2) is 0 Å². The summed E-state index contributed by atoms with van der Waals surface area (Å²) in [4.78, 5) is 2.52. The molecule has 110 valence electrons. The Morgan fingerprint density at radius 2 is 2.15 bits per heavy atom. The topological polar surface area (TPSA) is 24.5 Å². The number of hydrogen-bond donors (Lipinski definition) is 1. The Labute approximate surface area is 122 Å². The molecule has 0 bridgehead atoms. The molecule has 1 fully saturated rings. The van der Waals surface area contributed by atoms with Crippen LogP contribution in [0, 0.1) is 5.92 Å². The molecule has 1 N–H and O–H groups in total. The number of likely N-dealkylation sites (N-methyl/N-ethyl adjacent to an activating group) is 1. The molecule has 1 aromatic rings. The van der Waals surface area contributed by atoms with Crippen molar-refractivity contribution in [2.75, 3.05) is 26.7 Å². The molecule has 2 heterocycles. The summed E-state index contributed by atoms with van der Waals surface area (Å²) in [6.45, 7) is 5.43. The third-order valence-electron chi connectivity index (χ3n) is 4.67. The van der Waals surface area contributed by atoms with Crippen LogP contribution < -0.4 is 10.1 Å². The van der Waals surface area contributed by atoms with Gasteiger partial charge < -0.3 is 10.1 Å². The Hall–Kier alpha value is -1.06. The molecule has 0 spiro atoms. The Balaban J connectivity index is 1.74. The van der Waals surface area contributed by atoms with Gasteiger partial charge in [-0.3, -0.25) is 4.90 Å². The molecule has 2 aliphatic rings. The highest BCUT2D eigenvalue weighted by Gasteiger charge is 2.31. The van der Waals surface area contributed by atoms with Gasteiger partial charge >= 0.3 is 0 Å². The van der Waals surface area contributed by atoms with E-state index in [2.05, 4.69) is 48.5 Å². The number of hydrogen-bond acceptors (Lipinski definition) is 3. The second kappa shape index (κ2) is 6.15. The minimum Gasteiger partial charge on any atom is -0.493 e. The van der Waals surface area contributed by atoms with Crippen molar-refractivity contribution in [1.29, 1.82) is 0 Å². The summed E-state index contributed by atoms with van der Waals surface area (Å²) >= 11 is 0. The number of nitrogens with zero attached hydrogens (tertiary/aromatic N) is 1. The lowest BCUT2D eigenvalue weighted by molar-refractivity contribution is 0.0989. The van der Waals surface area contributed by atoms with Gasteiger partial charge in [0, 0.05) is 30.1 Å². The molecule has 0 saturated carbocycles. The van der Waals surface area contributed by atoms with Crippen LogP contribution in [0.3, 0.4) is 0 Å². The van der Waals surface area contributed by atoms with E-state index >= 15 is 0 Å². The van der Waals surface area contributed by atoms with E-state index in [9.17, 15) is 0 Å². The minimum absolute atomic E-state index is 0.476. The van der Waals surface area contributed by atoms with E-state index in [-0.39, 0.29) is 0 Å². The van der Waals surface area contributed by atoms with Crippen LogP contribution in [-0.4, -0.2) is 37.7 Å². The fourth-order valence-electron chi connectivity index (χ4n) is 3.69. The zero-order valence-electron chi connectivity index (χ0n) is 12.6. The molecule has 3 atom stereocenters. The van der Waals surface area contributed by atoms with Crippen LogP contribution in [0.2, 0.25) is 0 Å². The van der Waals surface area contributed by atoms with E-state index in [1.54, 1.807) is 0 Å². The number of nitrogens with one attached hydrogen (secondary N) is 1. The minimum atomic E-state index is 0.476. The van der Waals surface area contributed by atoms with Gasteiger partial charge in [0.1, 0.15) is 5.75 Å². The SMILES string of the molecule is CC1COc2ccccc2C1N(C)CC1CCCCN1. The van der Waals surface area contributed by atoms with E-state index in [0.717, 1.165) is 18.9 Å². The Morgan fingerprint density at radius 3 is 2.95 bits per heavy atom. The van der Waals surface area contributed by atoms with Gasteiger partial charge in [0.15, 0.2) is 0 Å². The summed E-state index contributed by atoms with van der Waals surface area (Å²) in [5.41, 5.74) is 1.35. The average Bonchev–Trinajstić information content (AvgIpc) is 2.48. The third kappa shape index (κ3) is 2.84. The second-order valence-corrected chi connectivity index (χ2v) is 6.36. The summed E-state index contributed by atoms with van der Waals surface area (Å²) in [5, 5.41) is 3.65. The molecule has 0 amide bonds. The Kier molecular flexibility index (Phi) is 4.27. The number of para-hydroxylation sites is 1. The first-order chi connectivity index (χ1) is 9.75. The smallest absolute Gasteiger partial charge is 0.124 e. The van der Waals surface area contributed by atoms with Crippen LogP contribution in [0.1, 0.15) is 37.8 Å². The largest absolute Gasteiger partial charge is 0.493 e. The summed E-state index contributed by atoms with van der Waals surface area (Å²) < 4.78 is 5.86. The normalized spacial score (nSPS) is 29.9. The van der Waals surface area contributed by atoms with Crippen molar-refractivity contribution >= 4 is 0 Å². The number of ether oxygens (including phenoxy) is 1. The van der Waals surface area contributed by atoms with Crippen molar-refractivity contribution in [3.63, 3.8) is 0 Å². The molecule has 0 radical (unpaired) electrons. The van der Waals surface area contributed by atoms with Crippen LogP contribution in [0.15, 0.2) is 24.3 Å². The van der Waals surface area contributed by atoms with Crippen molar-refractivity contribution in [3.8, 4) is 5.75 Å². The van der Waals surface area contributed by atoms with Crippen molar-refractivity contribution in [3.05, 3.63) is 29.8 Å². The lowest BCUT2D eigenvalue weighted by Gasteiger charge is -2.39. The van der Waals surface area contributed by atoms with Crippen molar-refractivity contribution in [2.45, 2.75) is 38.3 Å². The molecule has 1 saturated heterocycles. The van der Waals surface area contributed by atoms with Crippen LogP contribution in [0.25, 0.3) is 0 Å². The maximum absolute atomic E-state index is 5.86. The van der Waals surface area contributed by atoms with Crippen LogP contribution in [0.4, 0.5) is 0 Å². The quantitative estimate of drug-likeness (QED) is 0.917. The van der Waals surface area contributed by atoms with Gasteiger partial charge in [-0.05, 0) is 32.5 Å². The molecule has 20 heavy (non-hydrogen) atoms. The monoisotopic (exact) mass is 274 g/mol. The fraction of sp³-hybridized carbons (Fsp3) is 0.647. The standard InChI is InChI=1S/C17H26N2O/c1-13-12-20-16-9-4-3-8-15(16)17(13)19(2)11-14-7-5-6-10-18-14/h3-4,8-9,13-14,17-18H,5-7,10-12H2,1-2H3. The molecule has 0 aromatic heterocycles. The van der Waals surface area contributed by atoms with Crippen LogP contribution >= 0.6 is 0 Å². The summed E-state index contributed by atoms with van der Waals surface area (Å²) in [6, 6.07) is 9.63. The predicted octanol–water partition coefficient (Wildman–Crippen LogP) is 2.83. The van der Waals surface area contributed by atoms with Crippen LogP contribution in [-0.2, 0) is 0 Å². The molecular formula is C17H26N2O. The Bertz CT molecular complexity index is 442. The maximum atomic E-state index is 5.86. The molecule has 1 aromatic carbocycles. The Morgan fingerprint density at radius 1 is 1.30 bits per heavy atom. The lowest BCUT2D eigenvalue weighted by Crippen LogP contribution is -2.45. The van der Waals surface area contributed by atoms with E-state index in [0.29, 0.717) is 18.0 Å². The highest BCUT2D eigenvalue weighted by molar-refractivity contribution is 5.38. The number of piperidine rings is 1. The third-order valence-corrected chi connectivity index (χ3v) is 4.67. The van der Waals surface area contributed by atoms with Crippen molar-refractivity contribution in [2.24, 2.45) is 5.92 Å². The predicted molar refractivity (Wildman–Crippen MR) is 82.1 cm³/mol. The summed E-state index contributed by atoms with van der Waals surface area (Å²) in [6.07, 6.45) is 4.01. The zero-order chi connectivity index (χ0) is 13.9. The molecule has 3 unspecified atom stereocenters. The van der Waals surface area contributed by atoms with Crippen molar-refractivity contribution in [1.82, 2.24) is 10.2 Å². The van der Waals surface area contributed by atoms with Crippen molar-refractivity contribution < 1.29 is 4.74 Å². The van der Waals surface area contributed by atoms with E-state index in [1.165, 1.54) is 31.4 Å². The van der Waals surface area contributed by atoms with E-state index in [1.807, 2.05) is 0 Å². The molecule has 3 heteroatoms. The molecule has 2 aliphatic heterocycles. The summed E-state index contributed by atoms with van der Waals surface area (Å²) in [5.74, 6) is 1.61. The lowest BCUT2D eigenvalue weighted by atomic mass is 9.90. The first-order valence-electron chi connectivity index (χ1n) is 7.91.